The molecular formula is C19H42BrN3. The Hall–Kier alpha value is 0.100. The van der Waals surface area contributed by atoms with E-state index in [9.17, 15) is 0 Å². The highest BCUT2D eigenvalue weighted by Crippen LogP contribution is 2.12. The Kier molecular flexibility index (Phi) is 24.3. The van der Waals surface area contributed by atoms with Gasteiger partial charge >= 0.3 is 0 Å². The summed E-state index contributed by atoms with van der Waals surface area (Å²) in [6.07, 6.45) is 23.0. The Morgan fingerprint density at radius 1 is 0.652 bits per heavy atom. The van der Waals surface area contributed by atoms with Gasteiger partial charge in [-0.3, -0.25) is 0 Å². The van der Waals surface area contributed by atoms with Crippen molar-refractivity contribution in [3.63, 3.8) is 0 Å². The number of unbranched alkanes of at least 4 members (excludes halogenated alkanes) is 12. The summed E-state index contributed by atoms with van der Waals surface area (Å²) < 4.78 is 0. The average molecular weight is 392 g/mol. The molecule has 4 heteroatoms. The molecule has 0 saturated heterocycles. The van der Waals surface area contributed by atoms with Gasteiger partial charge in [0.1, 0.15) is 6.54 Å². The Morgan fingerprint density at radius 3 is 1.52 bits per heavy atom. The van der Waals surface area contributed by atoms with Crippen molar-refractivity contribution in [1.29, 1.82) is 0 Å². The van der Waals surface area contributed by atoms with Crippen LogP contribution in [0.2, 0.25) is 0 Å². The van der Waals surface area contributed by atoms with E-state index in [4.69, 9.17) is 0 Å². The summed E-state index contributed by atoms with van der Waals surface area (Å²) in [7, 11) is 3.93. The van der Waals surface area contributed by atoms with Gasteiger partial charge in [0, 0.05) is 14.1 Å². The fourth-order valence-electron chi connectivity index (χ4n) is 2.75. The minimum atomic E-state index is 0. The molecule has 0 aliphatic carbocycles. The van der Waals surface area contributed by atoms with Crippen molar-refractivity contribution >= 4 is 0 Å². The number of quaternary nitrogens is 1. The maximum Gasteiger partial charge on any atom is 0.131 e. The predicted molar refractivity (Wildman–Crippen MR) is 98.8 cm³/mol. The van der Waals surface area contributed by atoms with Crippen LogP contribution in [0, 0.1) is 0 Å². The first-order valence-electron chi connectivity index (χ1n) is 9.71. The van der Waals surface area contributed by atoms with Crippen molar-refractivity contribution in [2.45, 2.75) is 90.4 Å². The number of hydrogen-bond donors (Lipinski definition) is 3. The van der Waals surface area contributed by atoms with Crippen LogP contribution in [0.3, 0.4) is 0 Å². The van der Waals surface area contributed by atoms with Gasteiger partial charge in [0.25, 0.3) is 0 Å². The third-order valence-corrected chi connectivity index (χ3v) is 4.32. The minimum absolute atomic E-state index is 0. The van der Waals surface area contributed by atoms with Gasteiger partial charge in [-0.05, 0) is 18.9 Å². The van der Waals surface area contributed by atoms with E-state index < -0.39 is 0 Å². The van der Waals surface area contributed by atoms with Gasteiger partial charge in [0.05, 0.1) is 0 Å². The molecule has 0 bridgehead atoms. The molecule has 0 spiro atoms. The lowest BCUT2D eigenvalue weighted by Gasteiger charge is -2.12. The summed E-state index contributed by atoms with van der Waals surface area (Å²) in [5, 5.41) is 1.19. The lowest BCUT2D eigenvalue weighted by atomic mass is 10.0. The highest BCUT2D eigenvalue weighted by atomic mass is 79.9. The van der Waals surface area contributed by atoms with Crippen molar-refractivity contribution in [2.75, 3.05) is 20.6 Å². The minimum Gasteiger partial charge on any atom is -1.00 e. The van der Waals surface area contributed by atoms with Gasteiger partial charge in [-0.1, -0.05) is 83.6 Å². The summed E-state index contributed by atoms with van der Waals surface area (Å²) in [4.78, 5) is 0. The molecule has 0 aromatic rings. The van der Waals surface area contributed by atoms with E-state index in [2.05, 4.69) is 29.9 Å². The molecule has 0 saturated carbocycles. The molecule has 0 aliphatic rings. The first-order chi connectivity index (χ1) is 10.8. The fraction of sp³-hybridized carbons (Fsp3) is 0.895. The van der Waals surface area contributed by atoms with Gasteiger partial charge in [-0.25, -0.2) is 0 Å². The Labute approximate surface area is 156 Å². The monoisotopic (exact) mass is 391 g/mol. The van der Waals surface area contributed by atoms with Gasteiger partial charge < -0.3 is 17.0 Å². The van der Waals surface area contributed by atoms with Gasteiger partial charge in [-0.2, -0.15) is 16.0 Å². The fourth-order valence-corrected chi connectivity index (χ4v) is 2.75. The molecule has 0 heterocycles. The van der Waals surface area contributed by atoms with E-state index >= 15 is 0 Å². The normalized spacial score (nSPS) is 11.3. The Balaban J connectivity index is 0. The second kappa shape index (κ2) is 22.1. The summed E-state index contributed by atoms with van der Waals surface area (Å²) in [5.41, 5.74) is 6.31. The zero-order valence-corrected chi connectivity index (χ0v) is 17.5. The largest absolute Gasteiger partial charge is 1.00 e. The first-order valence-corrected chi connectivity index (χ1v) is 9.71. The molecular weight excluding hydrogens is 350 g/mol. The Bertz CT molecular complexity index is 231. The van der Waals surface area contributed by atoms with Crippen molar-refractivity contribution in [3.05, 3.63) is 12.2 Å². The summed E-state index contributed by atoms with van der Waals surface area (Å²) in [6.45, 7) is 3.28. The maximum absolute atomic E-state index is 3.16. The SMILES string of the molecule is CCCCCCCCCCCCCCC=CC[NH+](NC)NC.[Br-]. The lowest BCUT2D eigenvalue weighted by Crippen LogP contribution is -3.23. The summed E-state index contributed by atoms with van der Waals surface area (Å²) in [5.74, 6) is 0. The van der Waals surface area contributed by atoms with Gasteiger partial charge in [0.15, 0.2) is 0 Å². The van der Waals surface area contributed by atoms with Crippen LogP contribution in [-0.4, -0.2) is 20.6 Å². The molecule has 0 radical (unpaired) electrons. The van der Waals surface area contributed by atoms with Crippen molar-refractivity contribution < 1.29 is 22.1 Å². The topological polar surface area (TPSA) is 28.5 Å². The average Bonchev–Trinajstić information content (AvgIpc) is 2.55. The highest BCUT2D eigenvalue weighted by Gasteiger charge is 1.96. The Morgan fingerprint density at radius 2 is 1.09 bits per heavy atom. The van der Waals surface area contributed by atoms with Crippen molar-refractivity contribution in [2.24, 2.45) is 0 Å². The molecule has 0 atom stereocenters. The van der Waals surface area contributed by atoms with E-state index in [0.717, 1.165) is 6.54 Å². The quantitative estimate of drug-likeness (QED) is 0.194. The number of allylic oxidation sites excluding steroid dienone is 1. The summed E-state index contributed by atoms with van der Waals surface area (Å²) >= 11 is 0. The third-order valence-electron chi connectivity index (χ3n) is 4.32. The lowest BCUT2D eigenvalue weighted by molar-refractivity contribution is -0.978. The van der Waals surface area contributed by atoms with Crippen LogP contribution in [0.5, 0.6) is 0 Å². The number of halogens is 1. The predicted octanol–water partition coefficient (Wildman–Crippen LogP) is 0.792. The maximum atomic E-state index is 3.16. The zero-order valence-electron chi connectivity index (χ0n) is 15.9. The molecule has 0 unspecified atom stereocenters. The van der Waals surface area contributed by atoms with Gasteiger partial charge in [0.2, 0.25) is 0 Å². The molecule has 0 fully saturated rings. The second-order valence-corrected chi connectivity index (χ2v) is 6.33. The molecule has 0 aromatic carbocycles. The van der Waals surface area contributed by atoms with Crippen LogP contribution in [-0.2, 0) is 0 Å². The van der Waals surface area contributed by atoms with Crippen molar-refractivity contribution in [3.8, 4) is 0 Å². The molecule has 0 rings (SSSR count). The van der Waals surface area contributed by atoms with E-state index in [1.54, 1.807) is 0 Å². The van der Waals surface area contributed by atoms with E-state index in [-0.39, 0.29) is 17.0 Å². The highest BCUT2D eigenvalue weighted by molar-refractivity contribution is 4.80. The van der Waals surface area contributed by atoms with E-state index in [1.165, 1.54) is 88.6 Å². The first kappa shape index (κ1) is 25.3. The molecule has 0 amide bonds. The van der Waals surface area contributed by atoms with E-state index in [1.807, 2.05) is 14.1 Å². The third kappa shape index (κ3) is 20.1. The van der Waals surface area contributed by atoms with Crippen LogP contribution in [0.15, 0.2) is 12.2 Å². The molecule has 0 aliphatic heterocycles. The molecule has 140 valence electrons. The standard InChI is InChI=1S/C19H41N3.BrH/c1-4-5-6-7-8-9-10-11-12-13-14-15-16-17-18-19-22(20-2)21-3;/h17-18,20-21H,4-16,19H2,1-3H3;1H. The molecule has 0 aromatic heterocycles. The molecule has 3 nitrogen and oxygen atoms in total. The smallest absolute Gasteiger partial charge is 0.131 e. The second-order valence-electron chi connectivity index (χ2n) is 6.33. The van der Waals surface area contributed by atoms with Crippen molar-refractivity contribution in [1.82, 2.24) is 10.9 Å². The zero-order chi connectivity index (χ0) is 16.3. The van der Waals surface area contributed by atoms with Crippen LogP contribution < -0.4 is 33.0 Å². The number of nitrogens with one attached hydrogen (secondary N) is 3. The van der Waals surface area contributed by atoms with Crippen LogP contribution >= 0.6 is 0 Å². The molecule has 3 N–H and O–H groups in total. The van der Waals surface area contributed by atoms with Crippen LogP contribution in [0.25, 0.3) is 0 Å². The van der Waals surface area contributed by atoms with Gasteiger partial charge in [-0.15, -0.1) is 0 Å². The summed E-state index contributed by atoms with van der Waals surface area (Å²) in [6, 6.07) is 0. The van der Waals surface area contributed by atoms with Crippen LogP contribution in [0.1, 0.15) is 90.4 Å². The van der Waals surface area contributed by atoms with Crippen LogP contribution in [0.4, 0.5) is 0 Å². The number of hydrogen-bond acceptors (Lipinski definition) is 2. The number of rotatable bonds is 17. The van der Waals surface area contributed by atoms with E-state index in [0.29, 0.717) is 0 Å². The molecule has 23 heavy (non-hydrogen) atoms.